The Labute approximate surface area is 109 Å². The van der Waals surface area contributed by atoms with Crippen molar-refractivity contribution in [1.29, 1.82) is 0 Å². The van der Waals surface area contributed by atoms with Gasteiger partial charge in [-0.15, -0.1) is 0 Å². The lowest BCUT2D eigenvalue weighted by Crippen LogP contribution is -2.42. The summed E-state index contributed by atoms with van der Waals surface area (Å²) < 4.78 is 7.23. The van der Waals surface area contributed by atoms with Crippen LogP contribution < -0.4 is 5.32 Å². The van der Waals surface area contributed by atoms with Gasteiger partial charge < -0.3 is 19.5 Å². The number of imidazole rings is 1. The average molecular weight is 252 g/mol. The summed E-state index contributed by atoms with van der Waals surface area (Å²) in [6.07, 6.45) is 6.35. The van der Waals surface area contributed by atoms with Gasteiger partial charge in [0.25, 0.3) is 0 Å². The van der Waals surface area contributed by atoms with Crippen molar-refractivity contribution in [2.24, 2.45) is 0 Å². The molecular formula is C13H24N4O. The molecule has 1 atom stereocenters. The number of piperidine rings is 1. The molecular weight excluding hydrogens is 228 g/mol. The van der Waals surface area contributed by atoms with E-state index in [1.54, 1.807) is 7.11 Å². The minimum Gasteiger partial charge on any atom is -0.383 e. The fraction of sp³-hybridized carbons (Fsp3) is 0.769. The number of anilines is 1. The monoisotopic (exact) mass is 252 g/mol. The molecule has 0 radical (unpaired) electrons. The van der Waals surface area contributed by atoms with Gasteiger partial charge in [0, 0.05) is 38.6 Å². The number of aromatic nitrogens is 2. The summed E-state index contributed by atoms with van der Waals surface area (Å²) >= 11 is 0. The molecule has 1 fully saturated rings. The number of likely N-dealkylation sites (tertiary alicyclic amines) is 1. The molecule has 1 unspecified atom stereocenters. The maximum absolute atomic E-state index is 5.11. The van der Waals surface area contributed by atoms with E-state index in [1.165, 1.54) is 19.4 Å². The quantitative estimate of drug-likeness (QED) is 0.831. The molecule has 1 aromatic heterocycles. The van der Waals surface area contributed by atoms with Crippen molar-refractivity contribution in [2.45, 2.75) is 32.4 Å². The Hall–Kier alpha value is -1.07. The van der Waals surface area contributed by atoms with E-state index < -0.39 is 0 Å². The van der Waals surface area contributed by atoms with Gasteiger partial charge in [-0.25, -0.2) is 4.98 Å². The Kier molecular flexibility index (Phi) is 5.01. The molecule has 1 aromatic rings. The molecule has 1 N–H and O–H groups in total. The van der Waals surface area contributed by atoms with Crippen LogP contribution in [0, 0.1) is 0 Å². The first-order valence-corrected chi connectivity index (χ1v) is 6.82. The zero-order chi connectivity index (χ0) is 12.8. The molecule has 1 saturated heterocycles. The van der Waals surface area contributed by atoms with Crippen molar-refractivity contribution in [3.63, 3.8) is 0 Å². The van der Waals surface area contributed by atoms with Crippen molar-refractivity contribution in [3.05, 3.63) is 12.4 Å². The largest absolute Gasteiger partial charge is 0.383 e. The summed E-state index contributed by atoms with van der Waals surface area (Å²) in [5.74, 6) is 0.968. The smallest absolute Gasteiger partial charge is 0.203 e. The molecule has 18 heavy (non-hydrogen) atoms. The van der Waals surface area contributed by atoms with E-state index in [1.807, 2.05) is 12.4 Å². The van der Waals surface area contributed by atoms with Crippen LogP contribution in [0.3, 0.4) is 0 Å². The second-order valence-electron chi connectivity index (χ2n) is 4.81. The Morgan fingerprint density at radius 1 is 1.56 bits per heavy atom. The molecule has 0 saturated carbocycles. The van der Waals surface area contributed by atoms with Crippen LogP contribution in [0.4, 0.5) is 5.95 Å². The van der Waals surface area contributed by atoms with Crippen LogP contribution in [0.25, 0.3) is 0 Å². The fourth-order valence-corrected chi connectivity index (χ4v) is 2.46. The zero-order valence-corrected chi connectivity index (χ0v) is 11.4. The van der Waals surface area contributed by atoms with Crippen LogP contribution in [0.2, 0.25) is 0 Å². The molecule has 0 aliphatic carbocycles. The van der Waals surface area contributed by atoms with E-state index in [-0.39, 0.29) is 0 Å². The third kappa shape index (κ3) is 3.46. The van der Waals surface area contributed by atoms with Gasteiger partial charge >= 0.3 is 0 Å². The van der Waals surface area contributed by atoms with Crippen LogP contribution in [-0.2, 0) is 11.3 Å². The maximum atomic E-state index is 5.11. The van der Waals surface area contributed by atoms with E-state index in [9.17, 15) is 0 Å². The van der Waals surface area contributed by atoms with Gasteiger partial charge in [0.1, 0.15) is 0 Å². The molecule has 2 heterocycles. The van der Waals surface area contributed by atoms with E-state index >= 15 is 0 Å². The molecule has 1 aliphatic heterocycles. The summed E-state index contributed by atoms with van der Waals surface area (Å²) in [5.41, 5.74) is 0. The minimum absolute atomic E-state index is 0.516. The number of rotatable bonds is 6. The lowest BCUT2D eigenvalue weighted by Gasteiger charge is -2.32. The SMILES string of the molecule is CCN1CCCC(Nc2nccn2CCOC)C1. The highest BCUT2D eigenvalue weighted by Gasteiger charge is 2.19. The van der Waals surface area contributed by atoms with Gasteiger partial charge in [-0.2, -0.15) is 0 Å². The second-order valence-corrected chi connectivity index (χ2v) is 4.81. The summed E-state index contributed by atoms with van der Waals surface area (Å²) in [6, 6.07) is 0.516. The third-order valence-electron chi connectivity index (χ3n) is 3.54. The number of nitrogens with one attached hydrogen (secondary N) is 1. The molecule has 0 amide bonds. The molecule has 2 rings (SSSR count). The fourth-order valence-electron chi connectivity index (χ4n) is 2.46. The van der Waals surface area contributed by atoms with Gasteiger partial charge in [0.05, 0.1) is 6.61 Å². The van der Waals surface area contributed by atoms with Gasteiger partial charge in [-0.05, 0) is 25.9 Å². The van der Waals surface area contributed by atoms with Crippen molar-refractivity contribution < 1.29 is 4.74 Å². The second kappa shape index (κ2) is 6.75. The number of nitrogens with zero attached hydrogens (tertiary/aromatic N) is 3. The Morgan fingerprint density at radius 3 is 3.22 bits per heavy atom. The van der Waals surface area contributed by atoms with E-state index in [4.69, 9.17) is 4.74 Å². The van der Waals surface area contributed by atoms with Crippen molar-refractivity contribution >= 4 is 5.95 Å². The first kappa shape index (κ1) is 13.4. The third-order valence-corrected chi connectivity index (χ3v) is 3.54. The van der Waals surface area contributed by atoms with Crippen molar-refractivity contribution in [2.75, 3.05) is 38.7 Å². The Morgan fingerprint density at radius 2 is 2.44 bits per heavy atom. The standard InChI is InChI=1S/C13H24N4O/c1-3-16-7-4-5-12(11-16)15-13-14-6-8-17(13)9-10-18-2/h6,8,12H,3-5,7,9-11H2,1-2H3,(H,14,15). The van der Waals surface area contributed by atoms with Crippen molar-refractivity contribution in [3.8, 4) is 0 Å². The average Bonchev–Trinajstić information content (AvgIpc) is 2.84. The molecule has 5 heteroatoms. The number of hydrogen-bond acceptors (Lipinski definition) is 4. The Bertz CT molecular complexity index is 353. The molecule has 1 aliphatic rings. The topological polar surface area (TPSA) is 42.3 Å². The number of hydrogen-bond donors (Lipinski definition) is 1. The van der Waals surface area contributed by atoms with Crippen LogP contribution in [-0.4, -0.2) is 53.8 Å². The van der Waals surface area contributed by atoms with Gasteiger partial charge in [-0.3, -0.25) is 0 Å². The first-order valence-electron chi connectivity index (χ1n) is 6.82. The Balaban J connectivity index is 1.90. The van der Waals surface area contributed by atoms with Gasteiger partial charge in [0.2, 0.25) is 5.95 Å². The summed E-state index contributed by atoms with van der Waals surface area (Å²) in [5, 5.41) is 3.56. The van der Waals surface area contributed by atoms with Crippen molar-refractivity contribution in [1.82, 2.24) is 14.5 Å². The minimum atomic E-state index is 0.516. The van der Waals surface area contributed by atoms with Crippen LogP contribution >= 0.6 is 0 Å². The van der Waals surface area contributed by atoms with E-state index in [0.29, 0.717) is 6.04 Å². The molecule has 0 aromatic carbocycles. The normalized spacial score (nSPS) is 21.1. The van der Waals surface area contributed by atoms with Crippen LogP contribution in [0.5, 0.6) is 0 Å². The molecule has 5 nitrogen and oxygen atoms in total. The highest BCUT2D eigenvalue weighted by molar-refractivity contribution is 5.28. The van der Waals surface area contributed by atoms with Gasteiger partial charge in [-0.1, -0.05) is 6.92 Å². The predicted molar refractivity (Wildman–Crippen MR) is 72.9 cm³/mol. The van der Waals surface area contributed by atoms with Gasteiger partial charge in [0.15, 0.2) is 0 Å². The number of methoxy groups -OCH3 is 1. The summed E-state index contributed by atoms with van der Waals surface area (Å²) in [7, 11) is 1.73. The lowest BCUT2D eigenvalue weighted by molar-refractivity contribution is 0.187. The summed E-state index contributed by atoms with van der Waals surface area (Å²) in [6.45, 7) is 7.28. The molecule has 0 spiro atoms. The highest BCUT2D eigenvalue weighted by atomic mass is 16.5. The highest BCUT2D eigenvalue weighted by Crippen LogP contribution is 2.14. The number of ether oxygens (including phenoxy) is 1. The summed E-state index contributed by atoms with van der Waals surface area (Å²) in [4.78, 5) is 6.88. The van der Waals surface area contributed by atoms with Crippen LogP contribution in [0.1, 0.15) is 19.8 Å². The lowest BCUT2D eigenvalue weighted by atomic mass is 10.1. The zero-order valence-electron chi connectivity index (χ0n) is 11.4. The van der Waals surface area contributed by atoms with Crippen LogP contribution in [0.15, 0.2) is 12.4 Å². The first-order chi connectivity index (χ1) is 8.83. The molecule has 0 bridgehead atoms. The van der Waals surface area contributed by atoms with E-state index in [0.717, 1.165) is 32.2 Å². The van der Waals surface area contributed by atoms with E-state index in [2.05, 4.69) is 26.7 Å². The maximum Gasteiger partial charge on any atom is 0.203 e. The number of likely N-dealkylation sites (N-methyl/N-ethyl adjacent to an activating group) is 1. The molecule has 102 valence electrons. The predicted octanol–water partition coefficient (Wildman–Crippen LogP) is 1.43.